The van der Waals surface area contributed by atoms with Crippen LogP contribution >= 0.6 is 0 Å². The zero-order valence-corrected chi connectivity index (χ0v) is 15.8. The van der Waals surface area contributed by atoms with Gasteiger partial charge in [0.1, 0.15) is 11.6 Å². The van der Waals surface area contributed by atoms with Crippen LogP contribution in [0.4, 0.5) is 0 Å². The van der Waals surface area contributed by atoms with Gasteiger partial charge in [-0.2, -0.15) is 0 Å². The summed E-state index contributed by atoms with van der Waals surface area (Å²) in [5.41, 5.74) is -1.92. The molecule has 2 aromatic rings. The zero-order chi connectivity index (χ0) is 19.9. The van der Waals surface area contributed by atoms with Gasteiger partial charge in [0, 0.05) is 11.8 Å². The van der Waals surface area contributed by atoms with E-state index in [1.807, 2.05) is 18.2 Å². The maximum Gasteiger partial charge on any atom is 0.352 e. The van der Waals surface area contributed by atoms with Crippen molar-refractivity contribution in [1.82, 2.24) is 13.9 Å². The van der Waals surface area contributed by atoms with E-state index in [4.69, 9.17) is 0 Å². The average molecular weight is 399 g/mol. The molecule has 7 heteroatoms. The molecule has 4 bridgehead atoms. The van der Waals surface area contributed by atoms with Crippen molar-refractivity contribution in [1.29, 1.82) is 0 Å². The van der Waals surface area contributed by atoms with Crippen molar-refractivity contribution in [3.8, 4) is 5.69 Å². The Morgan fingerprint density at radius 3 is 1.73 bits per heavy atom. The third kappa shape index (κ3) is 0.956. The van der Waals surface area contributed by atoms with Gasteiger partial charge < -0.3 is 0 Å². The Kier molecular flexibility index (Phi) is 1.92. The van der Waals surface area contributed by atoms with Crippen LogP contribution in [0.1, 0.15) is 18.5 Å². The van der Waals surface area contributed by atoms with Crippen LogP contribution in [0.25, 0.3) is 5.69 Å². The van der Waals surface area contributed by atoms with Gasteiger partial charge in [-0.15, -0.1) is 0 Å². The summed E-state index contributed by atoms with van der Waals surface area (Å²) < 4.78 is 4.22. The van der Waals surface area contributed by atoms with Gasteiger partial charge in [-0.1, -0.05) is 30.4 Å². The number of carbonyl (C=O) groups is 2. The number of hydrogen-bond donors (Lipinski definition) is 0. The van der Waals surface area contributed by atoms with Crippen LogP contribution in [-0.4, -0.2) is 25.5 Å². The van der Waals surface area contributed by atoms with E-state index in [2.05, 4.69) is 0 Å². The number of ketones is 2. The average Bonchev–Trinajstić information content (AvgIpc) is 3.38. The molecule has 8 aliphatic rings. The number of aromatic nitrogens is 3. The molecule has 1 aromatic heterocycles. The second-order valence-electron chi connectivity index (χ2n) is 10.3. The minimum absolute atomic E-state index is 0.140. The first-order chi connectivity index (χ1) is 14.6. The standard InChI is InChI=1S/C23H17N3O4/c27-18-14-10-8-11-15(14)19(28)23-13-7-6-12(22(18,23)16(10)17(11)23)25-20(29)24(21(30)26(13)25)9-4-2-1-3-5-9/h1-7,10-17H,8H2/t10-,11+,12-,13+,14-,15+,16+,17-,22+,23-. The Balaban J connectivity index is 1.42. The van der Waals surface area contributed by atoms with Crippen LogP contribution in [0.3, 0.4) is 0 Å². The van der Waals surface area contributed by atoms with Crippen LogP contribution < -0.4 is 11.4 Å². The fourth-order valence-corrected chi connectivity index (χ4v) is 10.1. The maximum absolute atomic E-state index is 13.9. The molecule has 30 heavy (non-hydrogen) atoms. The Morgan fingerprint density at radius 1 is 0.733 bits per heavy atom. The van der Waals surface area contributed by atoms with Crippen molar-refractivity contribution in [2.75, 3.05) is 0 Å². The van der Waals surface area contributed by atoms with Crippen molar-refractivity contribution in [2.24, 2.45) is 46.3 Å². The van der Waals surface area contributed by atoms with E-state index in [-0.39, 0.29) is 35.2 Å². The zero-order valence-electron chi connectivity index (χ0n) is 15.8. The lowest BCUT2D eigenvalue weighted by molar-refractivity contribution is -0.231. The molecule has 1 aromatic carbocycles. The molecule has 0 unspecified atom stereocenters. The second-order valence-corrected chi connectivity index (χ2v) is 10.3. The van der Waals surface area contributed by atoms with Crippen LogP contribution in [-0.2, 0) is 9.59 Å². The van der Waals surface area contributed by atoms with Gasteiger partial charge >= 0.3 is 11.4 Å². The van der Waals surface area contributed by atoms with Crippen molar-refractivity contribution < 1.29 is 9.59 Å². The van der Waals surface area contributed by atoms with Crippen molar-refractivity contribution in [2.45, 2.75) is 18.5 Å². The first kappa shape index (κ1) is 14.9. The smallest absolute Gasteiger partial charge is 0.299 e. The third-order valence-corrected chi connectivity index (χ3v) is 10.3. The summed E-state index contributed by atoms with van der Waals surface area (Å²) in [6.07, 6.45) is 4.86. The SMILES string of the molecule is O=C1[C@H]2[C@@H]3C[C@@H]4[C@H]2C(=O)[C@]25[C@@H]4[C@@H]3[C@]12[C@@H]1C=C[C@H]5n2c(=O)n(-c3ccccc3)c(=O)n21. The monoisotopic (exact) mass is 399 g/mol. The summed E-state index contributed by atoms with van der Waals surface area (Å²) in [6.45, 7) is 0. The van der Waals surface area contributed by atoms with E-state index in [0.29, 0.717) is 17.5 Å². The topological polar surface area (TPSA) is 83.1 Å². The number of Topliss-reactive ketones (excluding diaryl/α,β-unsaturated/α-hetero) is 2. The molecule has 5 fully saturated rings. The summed E-state index contributed by atoms with van der Waals surface area (Å²) in [5.74, 6) is 1.17. The number of benzene rings is 1. The number of fused-ring (bicyclic) bond motifs is 1. The first-order valence-corrected chi connectivity index (χ1v) is 10.9. The number of nitrogens with zero attached hydrogens (tertiary/aromatic N) is 3. The molecule has 10 atom stereocenters. The highest BCUT2D eigenvalue weighted by molar-refractivity contribution is 6.13. The fourth-order valence-electron chi connectivity index (χ4n) is 10.1. The van der Waals surface area contributed by atoms with E-state index in [1.165, 1.54) is 13.9 Å². The summed E-state index contributed by atoms with van der Waals surface area (Å²) in [4.78, 5) is 54.8. The normalized spacial score (nSPS) is 51.1. The lowest BCUT2D eigenvalue weighted by Crippen LogP contribution is -2.78. The first-order valence-electron chi connectivity index (χ1n) is 10.9. The molecular formula is C23H17N3O4. The van der Waals surface area contributed by atoms with Gasteiger partial charge in [0.05, 0.1) is 28.6 Å². The Hall–Kier alpha value is -2.96. The summed E-state index contributed by atoms with van der Waals surface area (Å²) in [7, 11) is 0. The molecule has 2 aliphatic heterocycles. The van der Waals surface area contributed by atoms with E-state index in [1.54, 1.807) is 24.3 Å². The van der Waals surface area contributed by atoms with E-state index < -0.39 is 34.3 Å². The summed E-state index contributed by atoms with van der Waals surface area (Å²) >= 11 is 0. The lowest BCUT2D eigenvalue weighted by Gasteiger charge is -2.70. The highest BCUT2D eigenvalue weighted by atomic mass is 16.2. The number of rotatable bonds is 1. The fraction of sp³-hybridized carbons (Fsp3) is 0.478. The molecule has 5 saturated carbocycles. The quantitative estimate of drug-likeness (QED) is 0.662. The molecule has 0 radical (unpaired) electrons. The minimum atomic E-state index is -0.801. The Labute approximate surface area is 169 Å². The number of hydrogen-bond acceptors (Lipinski definition) is 4. The Bertz CT molecular complexity index is 1340. The van der Waals surface area contributed by atoms with Gasteiger partial charge in [0.15, 0.2) is 0 Å². The molecule has 7 nitrogen and oxygen atoms in total. The van der Waals surface area contributed by atoms with Gasteiger partial charge in [0.25, 0.3) is 0 Å². The highest BCUT2D eigenvalue weighted by Gasteiger charge is 3.00. The highest BCUT2D eigenvalue weighted by Crippen LogP contribution is 2.94. The molecular weight excluding hydrogens is 382 g/mol. The second kappa shape index (κ2) is 3.86. The predicted molar refractivity (Wildman–Crippen MR) is 102 cm³/mol. The van der Waals surface area contributed by atoms with Crippen molar-refractivity contribution in [3.05, 3.63) is 63.5 Å². The van der Waals surface area contributed by atoms with Crippen LogP contribution in [0.2, 0.25) is 0 Å². The van der Waals surface area contributed by atoms with Crippen LogP contribution in [0.15, 0.2) is 52.1 Å². The lowest BCUT2D eigenvalue weighted by atomic mass is 9.33. The van der Waals surface area contributed by atoms with Gasteiger partial charge in [-0.25, -0.2) is 23.5 Å². The van der Waals surface area contributed by atoms with Crippen LogP contribution in [0, 0.1) is 46.3 Å². The largest absolute Gasteiger partial charge is 0.352 e. The van der Waals surface area contributed by atoms with Crippen molar-refractivity contribution in [3.63, 3.8) is 0 Å². The van der Waals surface area contributed by atoms with Gasteiger partial charge in [-0.3, -0.25) is 9.59 Å². The van der Waals surface area contributed by atoms with Gasteiger partial charge in [-0.05, 0) is 42.2 Å². The number of allylic oxidation sites excluding steroid dienone is 2. The van der Waals surface area contributed by atoms with Crippen LogP contribution in [0.5, 0.6) is 0 Å². The Morgan fingerprint density at radius 2 is 1.23 bits per heavy atom. The summed E-state index contributed by atoms with van der Waals surface area (Å²) in [5, 5.41) is 0. The predicted octanol–water partition coefficient (Wildman–Crippen LogP) is 0.733. The molecule has 0 amide bonds. The number of carbonyl (C=O) groups excluding carboxylic acids is 2. The van der Waals surface area contributed by atoms with Gasteiger partial charge in [0.2, 0.25) is 0 Å². The number of para-hydroxylation sites is 1. The van der Waals surface area contributed by atoms with E-state index in [9.17, 15) is 19.2 Å². The molecule has 6 aliphatic carbocycles. The maximum atomic E-state index is 13.9. The third-order valence-electron chi connectivity index (χ3n) is 10.3. The van der Waals surface area contributed by atoms with E-state index in [0.717, 1.165) is 6.42 Å². The molecule has 3 heterocycles. The molecule has 0 N–H and O–H groups in total. The molecule has 148 valence electrons. The molecule has 10 rings (SSSR count). The molecule has 2 spiro atoms. The molecule has 0 saturated heterocycles. The minimum Gasteiger partial charge on any atom is -0.299 e. The summed E-state index contributed by atoms with van der Waals surface area (Å²) in [6, 6.07) is 7.83. The van der Waals surface area contributed by atoms with Crippen molar-refractivity contribution >= 4 is 11.6 Å². The van der Waals surface area contributed by atoms with E-state index >= 15 is 0 Å².